The van der Waals surface area contributed by atoms with E-state index in [0.29, 0.717) is 11.6 Å². The average molecular weight is 1030 g/mol. The highest BCUT2D eigenvalue weighted by Crippen LogP contribution is 2.43. The molecule has 5 heterocycles. The topological polar surface area (TPSA) is 66.3 Å². The Morgan fingerprint density at radius 1 is 0.210 bits per heavy atom. The lowest BCUT2D eigenvalue weighted by Gasteiger charge is -2.18. The highest BCUT2D eigenvalue weighted by molar-refractivity contribution is 6.14. The van der Waals surface area contributed by atoms with Crippen LogP contribution in [0.15, 0.2) is 285 Å². The summed E-state index contributed by atoms with van der Waals surface area (Å²) in [7, 11) is 0. The Morgan fingerprint density at radius 3 is 0.901 bits per heavy atom. The summed E-state index contributed by atoms with van der Waals surface area (Å²) in [4.78, 5) is 21.9. The van der Waals surface area contributed by atoms with E-state index in [-0.39, 0.29) is 0 Å². The van der Waals surface area contributed by atoms with E-state index >= 15 is 0 Å². The van der Waals surface area contributed by atoms with E-state index in [1.54, 1.807) is 0 Å². The lowest BCUT2D eigenvalue weighted by molar-refractivity contribution is 1.12. The van der Waals surface area contributed by atoms with Gasteiger partial charge >= 0.3 is 0 Å². The molecule has 81 heavy (non-hydrogen) atoms. The zero-order chi connectivity index (χ0) is 53.4. The summed E-state index contributed by atoms with van der Waals surface area (Å²) >= 11 is 0. The van der Waals surface area contributed by atoms with Crippen molar-refractivity contribution in [2.75, 3.05) is 0 Å². The Labute approximate surface area is 466 Å². The molecule has 7 nitrogen and oxygen atoms in total. The molecule has 0 aliphatic heterocycles. The van der Waals surface area contributed by atoms with Crippen LogP contribution in [0, 0.1) is 0 Å². The van der Waals surface area contributed by atoms with Crippen LogP contribution in [0.3, 0.4) is 0 Å². The number of rotatable bonds is 9. The van der Waals surface area contributed by atoms with Crippen molar-refractivity contribution in [2.45, 2.75) is 0 Å². The predicted molar refractivity (Wildman–Crippen MR) is 333 cm³/mol. The minimum atomic E-state index is 0.571. The number of benzene rings is 11. The lowest BCUT2D eigenvalue weighted by atomic mass is 10.0. The van der Waals surface area contributed by atoms with Crippen molar-refractivity contribution in [2.24, 2.45) is 0 Å². The lowest BCUT2D eigenvalue weighted by Crippen LogP contribution is -2.04. The van der Waals surface area contributed by atoms with Crippen LogP contribution in [0.4, 0.5) is 0 Å². The fourth-order valence-electron chi connectivity index (χ4n) is 12.2. The maximum Gasteiger partial charge on any atom is 0.162 e. The largest absolute Gasteiger partial charge is 0.309 e. The first-order valence-corrected chi connectivity index (χ1v) is 27.4. The van der Waals surface area contributed by atoms with Gasteiger partial charge in [0.15, 0.2) is 11.6 Å². The molecule has 0 saturated heterocycles. The van der Waals surface area contributed by atoms with Gasteiger partial charge in [0.05, 0.1) is 61.6 Å². The molecule has 0 aliphatic carbocycles. The van der Waals surface area contributed by atoms with Crippen LogP contribution < -0.4 is 0 Å². The molecule has 0 radical (unpaired) electrons. The molecule has 0 amide bonds. The molecule has 0 fully saturated rings. The SMILES string of the molecule is c1ccc(-c2cc(-c3ccccc3)nc(-c3ccc(-n4c5cc(-n6c7ccccc7c7ccccc76)ccc5c5ccc(-n6c7ccccc7c7ccccc76)cc54)c(-c4nc(-c5ccccc5)cc(-c5ccccc5)n4)c3)n2)cc1. The quantitative estimate of drug-likeness (QED) is 0.144. The van der Waals surface area contributed by atoms with Gasteiger partial charge in [-0.3, -0.25) is 0 Å². The Hall–Kier alpha value is -11.0. The van der Waals surface area contributed by atoms with Crippen LogP contribution in [0.25, 0.3) is 150 Å². The zero-order valence-electron chi connectivity index (χ0n) is 43.8. The van der Waals surface area contributed by atoms with Gasteiger partial charge in [0.1, 0.15) is 0 Å². The van der Waals surface area contributed by atoms with Gasteiger partial charge in [-0.2, -0.15) is 0 Å². The monoisotopic (exact) mass is 1030 g/mol. The summed E-state index contributed by atoms with van der Waals surface area (Å²) in [5.74, 6) is 1.16. The Kier molecular flexibility index (Phi) is 10.7. The number of hydrogen-bond donors (Lipinski definition) is 0. The smallest absolute Gasteiger partial charge is 0.162 e. The van der Waals surface area contributed by atoms with Crippen LogP contribution in [-0.2, 0) is 0 Å². The standard InChI is InChI=1S/C74H47N7/c1-5-21-48(22-6-1)62-46-63(49-23-7-2-8-24-49)76-73(75-62)52-37-42-70(61(43-52)74-77-64(50-25-9-3-10-26-50)47-65(78-74)51-27-11-4-12-28-51)81-71-44-53(79-66-33-17-13-29-55(66)56-30-14-18-34-67(56)79)38-40-59(71)60-41-39-54(45-72(60)81)80-68-35-19-15-31-57(68)58-32-16-20-36-69(58)80/h1-47H. The predicted octanol–water partition coefficient (Wildman–Crippen LogP) is 18.6. The number of aromatic nitrogens is 7. The molecule has 0 bridgehead atoms. The van der Waals surface area contributed by atoms with Gasteiger partial charge in [-0.05, 0) is 78.9 Å². The minimum Gasteiger partial charge on any atom is -0.309 e. The van der Waals surface area contributed by atoms with Gasteiger partial charge in [0, 0.05) is 77.1 Å². The van der Waals surface area contributed by atoms with Gasteiger partial charge in [-0.1, -0.05) is 206 Å². The van der Waals surface area contributed by atoms with Crippen molar-refractivity contribution in [3.8, 4) is 84.9 Å². The van der Waals surface area contributed by atoms with Crippen molar-refractivity contribution in [3.63, 3.8) is 0 Å². The Balaban J connectivity index is 1.02. The molecule has 0 atom stereocenters. The van der Waals surface area contributed by atoms with Crippen molar-refractivity contribution < 1.29 is 0 Å². The normalized spacial score (nSPS) is 11.7. The molecular weight excluding hydrogens is 987 g/mol. The maximum absolute atomic E-state index is 5.57. The summed E-state index contributed by atoms with van der Waals surface area (Å²) in [6, 6.07) is 101. The first kappa shape index (κ1) is 46.1. The molecule has 7 heteroatoms. The third kappa shape index (κ3) is 7.74. The molecule has 11 aromatic carbocycles. The molecule has 0 unspecified atom stereocenters. The number of fused-ring (bicyclic) bond motifs is 9. The molecule has 0 N–H and O–H groups in total. The second-order valence-electron chi connectivity index (χ2n) is 20.6. The molecule has 0 spiro atoms. The number of hydrogen-bond acceptors (Lipinski definition) is 4. The van der Waals surface area contributed by atoms with Crippen LogP contribution in [0.5, 0.6) is 0 Å². The Bertz CT molecular complexity index is 4700. The first-order chi connectivity index (χ1) is 40.2. The first-order valence-electron chi connectivity index (χ1n) is 27.4. The molecule has 0 saturated carbocycles. The van der Waals surface area contributed by atoms with E-state index in [0.717, 1.165) is 117 Å². The maximum atomic E-state index is 5.57. The fourth-order valence-corrected chi connectivity index (χ4v) is 12.2. The summed E-state index contributed by atoms with van der Waals surface area (Å²) in [6.45, 7) is 0. The van der Waals surface area contributed by atoms with E-state index in [9.17, 15) is 0 Å². The summed E-state index contributed by atoms with van der Waals surface area (Å²) < 4.78 is 7.25. The second kappa shape index (κ2) is 18.9. The van der Waals surface area contributed by atoms with Crippen LogP contribution in [0.1, 0.15) is 0 Å². The third-order valence-electron chi connectivity index (χ3n) is 15.9. The molecule has 16 aromatic rings. The van der Waals surface area contributed by atoms with Crippen LogP contribution in [-0.4, -0.2) is 33.6 Å². The van der Waals surface area contributed by atoms with E-state index in [1.807, 2.05) is 24.3 Å². The van der Waals surface area contributed by atoms with Gasteiger partial charge in [-0.15, -0.1) is 0 Å². The van der Waals surface area contributed by atoms with Gasteiger partial charge in [-0.25, -0.2) is 19.9 Å². The highest BCUT2D eigenvalue weighted by Gasteiger charge is 2.24. The van der Waals surface area contributed by atoms with E-state index in [1.165, 1.54) is 21.5 Å². The van der Waals surface area contributed by atoms with Gasteiger partial charge < -0.3 is 13.7 Å². The zero-order valence-corrected chi connectivity index (χ0v) is 43.8. The molecular formula is C74H47N7. The average Bonchev–Trinajstić information content (AvgIpc) is 3.52. The van der Waals surface area contributed by atoms with E-state index in [4.69, 9.17) is 19.9 Å². The molecule has 0 aliphatic rings. The highest BCUT2D eigenvalue weighted by atomic mass is 15.0. The summed E-state index contributed by atoms with van der Waals surface area (Å²) in [5.41, 5.74) is 18.6. The number of para-hydroxylation sites is 4. The van der Waals surface area contributed by atoms with Crippen molar-refractivity contribution in [3.05, 3.63) is 285 Å². The molecule has 5 aromatic heterocycles. The third-order valence-corrected chi connectivity index (χ3v) is 15.9. The van der Waals surface area contributed by atoms with Crippen molar-refractivity contribution in [1.82, 2.24) is 33.6 Å². The molecule has 16 rings (SSSR count). The van der Waals surface area contributed by atoms with Crippen LogP contribution in [0.2, 0.25) is 0 Å². The van der Waals surface area contributed by atoms with E-state index in [2.05, 4.69) is 275 Å². The number of nitrogens with zero attached hydrogens (tertiary/aromatic N) is 7. The van der Waals surface area contributed by atoms with Crippen LogP contribution >= 0.6 is 0 Å². The fraction of sp³-hybridized carbons (Fsp3) is 0. The summed E-state index contributed by atoms with van der Waals surface area (Å²) in [6.07, 6.45) is 0. The van der Waals surface area contributed by atoms with E-state index < -0.39 is 0 Å². The van der Waals surface area contributed by atoms with Gasteiger partial charge in [0.25, 0.3) is 0 Å². The second-order valence-corrected chi connectivity index (χ2v) is 20.6. The van der Waals surface area contributed by atoms with Gasteiger partial charge in [0.2, 0.25) is 0 Å². The van der Waals surface area contributed by atoms with Crippen molar-refractivity contribution in [1.29, 1.82) is 0 Å². The molecule has 378 valence electrons. The van der Waals surface area contributed by atoms with Crippen molar-refractivity contribution >= 4 is 65.4 Å². The minimum absolute atomic E-state index is 0.571. The Morgan fingerprint density at radius 2 is 0.531 bits per heavy atom. The summed E-state index contributed by atoms with van der Waals surface area (Å²) in [5, 5.41) is 7.08.